The summed E-state index contributed by atoms with van der Waals surface area (Å²) < 4.78 is 11.2. The number of anilines is 1. The molecule has 0 heterocycles. The number of hydrogen-bond acceptors (Lipinski definition) is 4. The fourth-order valence-electron chi connectivity index (χ4n) is 2.64. The molecule has 3 N–H and O–H groups in total. The summed E-state index contributed by atoms with van der Waals surface area (Å²) in [7, 11) is 0. The van der Waals surface area contributed by atoms with Gasteiger partial charge < -0.3 is 20.5 Å². The van der Waals surface area contributed by atoms with Gasteiger partial charge in [-0.15, -0.1) is 0 Å². The molecule has 20 heavy (non-hydrogen) atoms. The SMILES string of the molecule is CCOc1ccc(NC2CCC(N)CC2)cc1OCC. The molecule has 0 amide bonds. The van der Waals surface area contributed by atoms with Gasteiger partial charge >= 0.3 is 0 Å². The van der Waals surface area contributed by atoms with Crippen LogP contribution in [0.25, 0.3) is 0 Å². The summed E-state index contributed by atoms with van der Waals surface area (Å²) in [5.41, 5.74) is 7.04. The standard InChI is InChI=1S/C16H26N2O2/c1-3-19-15-10-9-14(11-16(15)20-4-2)18-13-7-5-12(17)6-8-13/h9-13,18H,3-8,17H2,1-2H3. The fraction of sp³-hybridized carbons (Fsp3) is 0.625. The topological polar surface area (TPSA) is 56.5 Å². The number of rotatable bonds is 6. The van der Waals surface area contributed by atoms with Crippen LogP contribution in [-0.2, 0) is 0 Å². The summed E-state index contributed by atoms with van der Waals surface area (Å²) in [6.07, 6.45) is 4.48. The van der Waals surface area contributed by atoms with Crippen LogP contribution in [0.3, 0.4) is 0 Å². The first-order chi connectivity index (χ1) is 9.72. The van der Waals surface area contributed by atoms with Gasteiger partial charge in [-0.3, -0.25) is 0 Å². The zero-order valence-electron chi connectivity index (χ0n) is 12.5. The van der Waals surface area contributed by atoms with E-state index < -0.39 is 0 Å². The molecule has 4 heteroatoms. The molecule has 1 fully saturated rings. The van der Waals surface area contributed by atoms with Crippen LogP contribution in [0.5, 0.6) is 11.5 Å². The van der Waals surface area contributed by atoms with E-state index in [1.54, 1.807) is 0 Å². The average Bonchev–Trinajstić information content (AvgIpc) is 2.45. The van der Waals surface area contributed by atoms with Crippen LogP contribution in [0.4, 0.5) is 5.69 Å². The monoisotopic (exact) mass is 278 g/mol. The molecule has 0 aliphatic heterocycles. The zero-order valence-corrected chi connectivity index (χ0v) is 12.5. The highest BCUT2D eigenvalue weighted by Crippen LogP contribution is 2.32. The number of hydrogen-bond donors (Lipinski definition) is 2. The van der Waals surface area contributed by atoms with Crippen molar-refractivity contribution in [3.63, 3.8) is 0 Å². The molecule has 1 aliphatic rings. The Morgan fingerprint density at radius 1 is 1.05 bits per heavy atom. The molecular weight excluding hydrogens is 252 g/mol. The summed E-state index contributed by atoms with van der Waals surface area (Å²) in [6, 6.07) is 6.96. The predicted molar refractivity (Wildman–Crippen MR) is 82.6 cm³/mol. The van der Waals surface area contributed by atoms with E-state index in [4.69, 9.17) is 15.2 Å². The Balaban J connectivity index is 2.02. The molecule has 0 bridgehead atoms. The van der Waals surface area contributed by atoms with E-state index in [2.05, 4.69) is 11.4 Å². The lowest BCUT2D eigenvalue weighted by Gasteiger charge is -2.27. The van der Waals surface area contributed by atoms with Gasteiger partial charge in [0.15, 0.2) is 11.5 Å². The third kappa shape index (κ3) is 4.04. The van der Waals surface area contributed by atoms with Gasteiger partial charge in [-0.05, 0) is 51.7 Å². The highest BCUT2D eigenvalue weighted by Gasteiger charge is 2.18. The van der Waals surface area contributed by atoms with E-state index in [1.165, 1.54) is 0 Å². The molecule has 0 aromatic heterocycles. The second-order valence-electron chi connectivity index (χ2n) is 5.28. The normalized spacial score (nSPS) is 22.4. The maximum absolute atomic E-state index is 5.94. The maximum Gasteiger partial charge on any atom is 0.163 e. The quantitative estimate of drug-likeness (QED) is 0.839. The zero-order chi connectivity index (χ0) is 14.4. The van der Waals surface area contributed by atoms with Gasteiger partial charge in [-0.1, -0.05) is 0 Å². The number of nitrogens with two attached hydrogens (primary N) is 1. The summed E-state index contributed by atoms with van der Waals surface area (Å²) in [4.78, 5) is 0. The second kappa shape index (κ2) is 7.39. The highest BCUT2D eigenvalue weighted by molar-refractivity contribution is 5.55. The molecule has 2 rings (SSSR count). The molecule has 1 aliphatic carbocycles. The molecule has 112 valence electrons. The van der Waals surface area contributed by atoms with Crippen LogP contribution in [0.1, 0.15) is 39.5 Å². The molecular formula is C16H26N2O2. The van der Waals surface area contributed by atoms with E-state index in [0.29, 0.717) is 25.3 Å². The van der Waals surface area contributed by atoms with Crippen molar-refractivity contribution in [3.8, 4) is 11.5 Å². The maximum atomic E-state index is 5.94. The Morgan fingerprint density at radius 3 is 2.35 bits per heavy atom. The van der Waals surface area contributed by atoms with Gasteiger partial charge in [0.1, 0.15) is 0 Å². The molecule has 0 atom stereocenters. The first kappa shape index (κ1) is 15.0. The van der Waals surface area contributed by atoms with Crippen molar-refractivity contribution in [2.75, 3.05) is 18.5 Å². The summed E-state index contributed by atoms with van der Waals surface area (Å²) in [6.45, 7) is 5.25. The van der Waals surface area contributed by atoms with E-state index in [1.807, 2.05) is 26.0 Å². The lowest BCUT2D eigenvalue weighted by atomic mass is 9.91. The van der Waals surface area contributed by atoms with Crippen LogP contribution in [0, 0.1) is 0 Å². The van der Waals surface area contributed by atoms with Crippen LogP contribution < -0.4 is 20.5 Å². The summed E-state index contributed by atoms with van der Waals surface area (Å²) in [5.74, 6) is 1.62. The Morgan fingerprint density at radius 2 is 1.70 bits per heavy atom. The van der Waals surface area contributed by atoms with Crippen molar-refractivity contribution < 1.29 is 9.47 Å². The number of ether oxygens (including phenoxy) is 2. The largest absolute Gasteiger partial charge is 0.490 e. The van der Waals surface area contributed by atoms with Gasteiger partial charge in [-0.2, -0.15) is 0 Å². The number of benzene rings is 1. The lowest BCUT2D eigenvalue weighted by molar-refractivity contribution is 0.288. The van der Waals surface area contributed by atoms with Crippen molar-refractivity contribution in [2.24, 2.45) is 5.73 Å². The first-order valence-corrected chi connectivity index (χ1v) is 7.64. The highest BCUT2D eigenvalue weighted by atomic mass is 16.5. The minimum atomic E-state index is 0.382. The van der Waals surface area contributed by atoms with E-state index in [0.717, 1.165) is 42.9 Å². The molecule has 0 radical (unpaired) electrons. The van der Waals surface area contributed by atoms with Gasteiger partial charge in [0.2, 0.25) is 0 Å². The van der Waals surface area contributed by atoms with Crippen molar-refractivity contribution >= 4 is 5.69 Å². The van der Waals surface area contributed by atoms with Crippen molar-refractivity contribution in [3.05, 3.63) is 18.2 Å². The van der Waals surface area contributed by atoms with Crippen LogP contribution in [0.15, 0.2) is 18.2 Å². The van der Waals surface area contributed by atoms with Gasteiger partial charge in [0, 0.05) is 23.8 Å². The minimum Gasteiger partial charge on any atom is -0.490 e. The van der Waals surface area contributed by atoms with Crippen molar-refractivity contribution in [2.45, 2.75) is 51.6 Å². The fourth-order valence-corrected chi connectivity index (χ4v) is 2.64. The van der Waals surface area contributed by atoms with Gasteiger partial charge in [0.05, 0.1) is 13.2 Å². The second-order valence-corrected chi connectivity index (χ2v) is 5.28. The molecule has 1 aromatic carbocycles. The van der Waals surface area contributed by atoms with E-state index in [9.17, 15) is 0 Å². The van der Waals surface area contributed by atoms with Crippen LogP contribution >= 0.6 is 0 Å². The van der Waals surface area contributed by atoms with E-state index >= 15 is 0 Å². The van der Waals surface area contributed by atoms with Crippen LogP contribution in [0.2, 0.25) is 0 Å². The molecule has 1 saturated carbocycles. The van der Waals surface area contributed by atoms with Gasteiger partial charge in [0.25, 0.3) is 0 Å². The summed E-state index contributed by atoms with van der Waals surface area (Å²) >= 11 is 0. The van der Waals surface area contributed by atoms with Crippen molar-refractivity contribution in [1.82, 2.24) is 0 Å². The van der Waals surface area contributed by atoms with Crippen molar-refractivity contribution in [1.29, 1.82) is 0 Å². The Labute approximate surface area is 121 Å². The Bertz CT molecular complexity index is 415. The molecule has 0 saturated heterocycles. The smallest absolute Gasteiger partial charge is 0.163 e. The average molecular weight is 278 g/mol. The molecule has 0 unspecified atom stereocenters. The third-order valence-electron chi connectivity index (χ3n) is 3.69. The Kier molecular flexibility index (Phi) is 5.53. The molecule has 0 spiro atoms. The molecule has 1 aromatic rings. The summed E-state index contributed by atoms with van der Waals surface area (Å²) in [5, 5.41) is 3.58. The van der Waals surface area contributed by atoms with E-state index in [-0.39, 0.29) is 0 Å². The predicted octanol–water partition coefficient (Wildman–Crippen LogP) is 3.17. The third-order valence-corrected chi connectivity index (χ3v) is 3.69. The number of nitrogens with one attached hydrogen (secondary N) is 1. The minimum absolute atomic E-state index is 0.382. The Hall–Kier alpha value is -1.42. The van der Waals surface area contributed by atoms with Gasteiger partial charge in [-0.25, -0.2) is 0 Å². The first-order valence-electron chi connectivity index (χ1n) is 7.64. The molecule has 4 nitrogen and oxygen atoms in total. The lowest BCUT2D eigenvalue weighted by Crippen LogP contribution is -2.32. The van der Waals surface area contributed by atoms with Crippen LogP contribution in [-0.4, -0.2) is 25.3 Å².